The molecule has 0 spiro atoms. The molecule has 0 aliphatic carbocycles. The number of sulfonamides is 1. The van der Waals surface area contributed by atoms with Crippen molar-refractivity contribution in [1.29, 1.82) is 0 Å². The van der Waals surface area contributed by atoms with Crippen LogP contribution in [0.1, 0.15) is 43.9 Å². The number of hydrogen-bond acceptors (Lipinski definition) is 4. The van der Waals surface area contributed by atoms with Gasteiger partial charge in [-0.3, -0.25) is 13.9 Å². The number of halogens is 1. The van der Waals surface area contributed by atoms with Gasteiger partial charge in [-0.25, -0.2) is 8.42 Å². The van der Waals surface area contributed by atoms with Crippen LogP contribution in [0.5, 0.6) is 0 Å². The fraction of sp³-hybridized carbons (Fsp3) is 0.333. The number of benzene rings is 3. The third-order valence-corrected chi connectivity index (χ3v) is 8.73. The molecule has 0 unspecified atom stereocenters. The van der Waals surface area contributed by atoms with E-state index in [9.17, 15) is 18.0 Å². The Morgan fingerprint density at radius 1 is 0.923 bits per heavy atom. The Kier molecular flexibility index (Phi) is 10.2. The second-order valence-corrected chi connectivity index (χ2v) is 12.0. The third kappa shape index (κ3) is 7.61. The summed E-state index contributed by atoms with van der Waals surface area (Å²) in [4.78, 5) is 28.6. The van der Waals surface area contributed by atoms with Gasteiger partial charge in [0, 0.05) is 17.6 Å². The molecule has 0 aliphatic rings. The van der Waals surface area contributed by atoms with Gasteiger partial charge in [-0.15, -0.1) is 0 Å². The molecule has 9 heteroatoms. The van der Waals surface area contributed by atoms with Crippen LogP contribution in [-0.4, -0.2) is 43.8 Å². The molecule has 0 radical (unpaired) electrons. The molecule has 7 nitrogen and oxygen atoms in total. The first-order chi connectivity index (χ1) is 18.4. The van der Waals surface area contributed by atoms with Gasteiger partial charge in [0.15, 0.2) is 0 Å². The first kappa shape index (κ1) is 30.2. The van der Waals surface area contributed by atoms with Gasteiger partial charge in [0.25, 0.3) is 10.0 Å². The summed E-state index contributed by atoms with van der Waals surface area (Å²) in [6, 6.07) is 19.5. The molecule has 0 saturated heterocycles. The van der Waals surface area contributed by atoms with Crippen LogP contribution in [0, 0.1) is 13.8 Å². The summed E-state index contributed by atoms with van der Waals surface area (Å²) in [7, 11) is -4.11. The van der Waals surface area contributed by atoms with Crippen molar-refractivity contribution >= 4 is 39.1 Å². The van der Waals surface area contributed by atoms with Crippen molar-refractivity contribution < 1.29 is 18.0 Å². The molecule has 0 aliphatic heterocycles. The molecule has 39 heavy (non-hydrogen) atoms. The number of nitrogens with one attached hydrogen (secondary N) is 1. The average Bonchev–Trinajstić information content (AvgIpc) is 2.90. The molecule has 0 aromatic heterocycles. The average molecular weight is 570 g/mol. The summed E-state index contributed by atoms with van der Waals surface area (Å²) >= 11 is 6.41. The Hall–Kier alpha value is -3.36. The predicted octanol–water partition coefficient (Wildman–Crippen LogP) is 5.48. The van der Waals surface area contributed by atoms with E-state index in [1.165, 1.54) is 17.0 Å². The summed E-state index contributed by atoms with van der Waals surface area (Å²) < 4.78 is 28.9. The van der Waals surface area contributed by atoms with Crippen LogP contribution in [0.25, 0.3) is 0 Å². The smallest absolute Gasteiger partial charge is 0.264 e. The lowest BCUT2D eigenvalue weighted by molar-refractivity contribution is -0.139. The van der Waals surface area contributed by atoms with Crippen molar-refractivity contribution in [1.82, 2.24) is 10.2 Å². The van der Waals surface area contributed by atoms with Gasteiger partial charge in [-0.05, 0) is 81.1 Å². The van der Waals surface area contributed by atoms with Gasteiger partial charge in [0.1, 0.15) is 12.6 Å². The Balaban J connectivity index is 2.06. The van der Waals surface area contributed by atoms with E-state index in [2.05, 4.69) is 5.32 Å². The highest BCUT2D eigenvalue weighted by Gasteiger charge is 2.33. The molecule has 0 heterocycles. The van der Waals surface area contributed by atoms with Gasteiger partial charge in [-0.2, -0.15) is 0 Å². The molecule has 3 rings (SSSR count). The molecular formula is C30H36ClN3O4S. The molecule has 3 aromatic rings. The molecule has 1 N–H and O–H groups in total. The zero-order chi connectivity index (χ0) is 28.7. The number of hydrogen-bond donors (Lipinski definition) is 1. The zero-order valence-electron chi connectivity index (χ0n) is 23.0. The van der Waals surface area contributed by atoms with Crippen molar-refractivity contribution in [2.24, 2.45) is 0 Å². The fourth-order valence-electron chi connectivity index (χ4n) is 4.20. The standard InChI is InChI=1S/C30H36ClN3O4S/c1-6-23(4)32-30(36)24(5)33(19-25-12-10-11-15-28(25)31)29(35)20-34(26-17-21(2)16-22(3)18-26)39(37,38)27-13-8-7-9-14-27/h7-18,23-24H,6,19-20H2,1-5H3,(H,32,36)/t23-,24+/m1/s1. The minimum Gasteiger partial charge on any atom is -0.352 e. The Labute approximate surface area is 236 Å². The van der Waals surface area contributed by atoms with Gasteiger partial charge in [0.2, 0.25) is 11.8 Å². The van der Waals surface area contributed by atoms with Gasteiger partial charge < -0.3 is 10.2 Å². The summed E-state index contributed by atoms with van der Waals surface area (Å²) in [5.41, 5.74) is 2.75. The SMILES string of the molecule is CC[C@@H](C)NC(=O)[C@H](C)N(Cc1ccccc1Cl)C(=O)CN(c1cc(C)cc(C)c1)S(=O)(=O)c1ccccc1. The number of aryl methyl sites for hydroxylation is 2. The number of rotatable bonds is 11. The topological polar surface area (TPSA) is 86.8 Å². The van der Waals surface area contributed by atoms with E-state index in [0.717, 1.165) is 21.9 Å². The zero-order valence-corrected chi connectivity index (χ0v) is 24.6. The molecule has 0 saturated carbocycles. The van der Waals surface area contributed by atoms with E-state index in [4.69, 9.17) is 11.6 Å². The minimum absolute atomic E-state index is 0.0413. The maximum atomic E-state index is 14.0. The molecular weight excluding hydrogens is 534 g/mol. The number of nitrogens with zero attached hydrogens (tertiary/aromatic N) is 2. The summed E-state index contributed by atoms with van der Waals surface area (Å²) in [6.45, 7) is 8.77. The summed E-state index contributed by atoms with van der Waals surface area (Å²) in [5.74, 6) is -0.853. The van der Waals surface area contributed by atoms with E-state index in [0.29, 0.717) is 16.3 Å². The molecule has 208 valence electrons. The van der Waals surface area contributed by atoms with Gasteiger partial charge in [0.05, 0.1) is 10.6 Å². The van der Waals surface area contributed by atoms with Gasteiger partial charge >= 0.3 is 0 Å². The molecule has 2 atom stereocenters. The Bertz CT molecular complexity index is 1390. The fourth-order valence-corrected chi connectivity index (χ4v) is 5.82. The molecule has 0 bridgehead atoms. The second-order valence-electron chi connectivity index (χ2n) is 9.78. The van der Waals surface area contributed by atoms with E-state index >= 15 is 0 Å². The van der Waals surface area contributed by atoms with Crippen LogP contribution in [0.3, 0.4) is 0 Å². The lowest BCUT2D eigenvalue weighted by atomic mass is 10.1. The highest BCUT2D eigenvalue weighted by molar-refractivity contribution is 7.92. The van der Waals surface area contributed by atoms with E-state index in [-0.39, 0.29) is 23.4 Å². The monoisotopic (exact) mass is 569 g/mol. The largest absolute Gasteiger partial charge is 0.352 e. The third-order valence-electron chi connectivity index (χ3n) is 6.57. The maximum absolute atomic E-state index is 14.0. The maximum Gasteiger partial charge on any atom is 0.264 e. The number of carbonyl (C=O) groups excluding carboxylic acids is 2. The second kappa shape index (κ2) is 13.1. The van der Waals surface area contributed by atoms with Crippen molar-refractivity contribution in [2.75, 3.05) is 10.8 Å². The first-order valence-electron chi connectivity index (χ1n) is 12.9. The van der Waals surface area contributed by atoms with Crippen LogP contribution < -0.4 is 9.62 Å². The van der Waals surface area contributed by atoms with Crippen LogP contribution in [0.4, 0.5) is 5.69 Å². The van der Waals surface area contributed by atoms with Crippen LogP contribution >= 0.6 is 11.6 Å². The number of amides is 2. The highest BCUT2D eigenvalue weighted by atomic mass is 35.5. The number of carbonyl (C=O) groups is 2. The van der Waals surface area contributed by atoms with Crippen LogP contribution in [-0.2, 0) is 26.2 Å². The van der Waals surface area contributed by atoms with Crippen molar-refractivity contribution in [3.8, 4) is 0 Å². The van der Waals surface area contributed by atoms with E-state index in [1.807, 2.05) is 33.8 Å². The first-order valence-corrected chi connectivity index (χ1v) is 14.7. The Morgan fingerprint density at radius 3 is 2.10 bits per heavy atom. The summed E-state index contributed by atoms with van der Waals surface area (Å²) in [5, 5.41) is 3.38. The molecule has 3 aromatic carbocycles. The minimum atomic E-state index is -4.11. The van der Waals surface area contributed by atoms with E-state index in [1.54, 1.807) is 61.5 Å². The summed E-state index contributed by atoms with van der Waals surface area (Å²) in [6.07, 6.45) is 0.729. The predicted molar refractivity (Wildman–Crippen MR) is 156 cm³/mol. The van der Waals surface area contributed by atoms with Gasteiger partial charge in [-0.1, -0.05) is 61.0 Å². The highest BCUT2D eigenvalue weighted by Crippen LogP contribution is 2.27. The van der Waals surface area contributed by atoms with E-state index < -0.39 is 28.5 Å². The lowest BCUT2D eigenvalue weighted by Gasteiger charge is -2.32. The van der Waals surface area contributed by atoms with Crippen LogP contribution in [0.2, 0.25) is 5.02 Å². The lowest BCUT2D eigenvalue weighted by Crippen LogP contribution is -2.52. The number of anilines is 1. The molecule has 2 amide bonds. The quantitative estimate of drug-likeness (QED) is 0.331. The van der Waals surface area contributed by atoms with Crippen molar-refractivity contribution in [3.05, 3.63) is 94.5 Å². The normalized spacial score (nSPS) is 12.9. The van der Waals surface area contributed by atoms with Crippen molar-refractivity contribution in [2.45, 2.75) is 64.6 Å². The van der Waals surface area contributed by atoms with Crippen LogP contribution in [0.15, 0.2) is 77.7 Å². The molecule has 0 fully saturated rings. The Morgan fingerprint density at radius 2 is 1.51 bits per heavy atom. The van der Waals surface area contributed by atoms with Crippen molar-refractivity contribution in [3.63, 3.8) is 0 Å².